The number of nitrogens with zero attached hydrogens (tertiary/aromatic N) is 1. The van der Waals surface area contributed by atoms with Gasteiger partial charge in [-0.2, -0.15) is 0 Å². The number of fused-ring (bicyclic) bond motifs is 2. The van der Waals surface area contributed by atoms with E-state index in [1.165, 1.54) is 17.7 Å². The first kappa shape index (κ1) is 21.8. The average molecular weight is 476 g/mol. The van der Waals surface area contributed by atoms with Crippen LogP contribution in [0.3, 0.4) is 0 Å². The fraction of sp³-hybridized carbons (Fsp3) is 0.115. The molecule has 0 saturated carbocycles. The fourth-order valence-electron chi connectivity index (χ4n) is 3.99. The van der Waals surface area contributed by atoms with Crippen molar-refractivity contribution in [1.29, 1.82) is 0 Å². The highest BCUT2D eigenvalue weighted by molar-refractivity contribution is 7.89. The van der Waals surface area contributed by atoms with Gasteiger partial charge < -0.3 is 13.9 Å². The number of ether oxygens (including phenoxy) is 2. The standard InChI is InChI=1S/C26H21NO6S/c1-31-19-9-7-17(8-10-19)15-27-23(13-18-5-3-4-6-25(18)34(27,29)30)22-16-33-24-14-20(32-2)11-12-21(24)26(22)28/h3-14,16H,15H2,1-2H3. The van der Waals surface area contributed by atoms with Crippen LogP contribution in [0.15, 0.2) is 87.1 Å². The van der Waals surface area contributed by atoms with E-state index in [1.807, 2.05) is 0 Å². The minimum Gasteiger partial charge on any atom is -0.497 e. The first-order valence-electron chi connectivity index (χ1n) is 10.5. The van der Waals surface area contributed by atoms with E-state index in [0.717, 1.165) is 5.56 Å². The predicted molar refractivity (Wildman–Crippen MR) is 129 cm³/mol. The molecule has 1 aliphatic heterocycles. The van der Waals surface area contributed by atoms with Gasteiger partial charge in [-0.1, -0.05) is 30.3 Å². The first-order chi connectivity index (χ1) is 16.4. The Morgan fingerprint density at radius 3 is 2.35 bits per heavy atom. The van der Waals surface area contributed by atoms with Crippen LogP contribution < -0.4 is 14.9 Å². The number of benzene rings is 3. The van der Waals surface area contributed by atoms with Crippen molar-refractivity contribution in [3.05, 3.63) is 99.9 Å². The Morgan fingerprint density at radius 2 is 1.62 bits per heavy atom. The van der Waals surface area contributed by atoms with Gasteiger partial charge in [0.2, 0.25) is 5.43 Å². The summed E-state index contributed by atoms with van der Waals surface area (Å²) in [5, 5.41) is 0.333. The zero-order chi connectivity index (χ0) is 23.9. The van der Waals surface area contributed by atoms with E-state index in [0.29, 0.717) is 28.0 Å². The largest absolute Gasteiger partial charge is 0.497 e. The molecule has 0 amide bonds. The molecular formula is C26H21NO6S. The van der Waals surface area contributed by atoms with Gasteiger partial charge in [0, 0.05) is 6.07 Å². The summed E-state index contributed by atoms with van der Waals surface area (Å²) in [6, 6.07) is 18.7. The van der Waals surface area contributed by atoms with Gasteiger partial charge in [0.15, 0.2) is 0 Å². The fourth-order valence-corrected chi connectivity index (χ4v) is 5.64. The highest BCUT2D eigenvalue weighted by atomic mass is 32.2. The minimum absolute atomic E-state index is 0.0343. The van der Waals surface area contributed by atoms with Crippen LogP contribution in [0.1, 0.15) is 16.7 Å². The van der Waals surface area contributed by atoms with E-state index in [-0.39, 0.29) is 28.1 Å². The zero-order valence-corrected chi connectivity index (χ0v) is 19.3. The van der Waals surface area contributed by atoms with Crippen molar-refractivity contribution in [3.63, 3.8) is 0 Å². The lowest BCUT2D eigenvalue weighted by Crippen LogP contribution is -2.33. The lowest BCUT2D eigenvalue weighted by Gasteiger charge is -2.31. The normalized spacial score (nSPS) is 14.4. The lowest BCUT2D eigenvalue weighted by molar-refractivity contribution is 0.414. The number of hydrogen-bond acceptors (Lipinski definition) is 6. The molecule has 0 aliphatic carbocycles. The van der Waals surface area contributed by atoms with Crippen LogP contribution in [0.2, 0.25) is 0 Å². The van der Waals surface area contributed by atoms with E-state index < -0.39 is 10.0 Å². The Bertz CT molecular complexity index is 1590. The highest BCUT2D eigenvalue weighted by Gasteiger charge is 2.34. The summed E-state index contributed by atoms with van der Waals surface area (Å²) in [7, 11) is -0.848. The Morgan fingerprint density at radius 1 is 0.912 bits per heavy atom. The maximum atomic E-state index is 13.7. The van der Waals surface area contributed by atoms with Crippen LogP contribution >= 0.6 is 0 Å². The molecule has 5 rings (SSSR count). The quantitative estimate of drug-likeness (QED) is 0.422. The van der Waals surface area contributed by atoms with Gasteiger partial charge in [0.05, 0.1) is 42.3 Å². The van der Waals surface area contributed by atoms with Crippen LogP contribution in [0.5, 0.6) is 11.5 Å². The number of methoxy groups -OCH3 is 2. The molecule has 7 nitrogen and oxygen atoms in total. The molecule has 0 N–H and O–H groups in total. The van der Waals surface area contributed by atoms with E-state index >= 15 is 0 Å². The molecule has 0 radical (unpaired) electrons. The molecule has 0 spiro atoms. The van der Waals surface area contributed by atoms with Crippen molar-refractivity contribution < 1.29 is 22.3 Å². The summed E-state index contributed by atoms with van der Waals surface area (Å²) in [6.45, 7) is 0.0343. The third-order valence-corrected chi connectivity index (χ3v) is 7.62. The van der Waals surface area contributed by atoms with Crippen molar-refractivity contribution >= 4 is 32.8 Å². The highest BCUT2D eigenvalue weighted by Crippen LogP contribution is 2.37. The monoisotopic (exact) mass is 475 g/mol. The van der Waals surface area contributed by atoms with Gasteiger partial charge in [-0.25, -0.2) is 8.42 Å². The molecule has 0 saturated heterocycles. The molecule has 34 heavy (non-hydrogen) atoms. The smallest absolute Gasteiger partial charge is 0.265 e. The summed E-state index contributed by atoms with van der Waals surface area (Å²) in [5.74, 6) is 1.22. The first-order valence-corrected chi connectivity index (χ1v) is 11.9. The maximum Gasteiger partial charge on any atom is 0.265 e. The molecule has 4 aromatic rings. The second-order valence-electron chi connectivity index (χ2n) is 7.77. The number of sulfonamides is 1. The maximum absolute atomic E-state index is 13.7. The summed E-state index contributed by atoms with van der Waals surface area (Å²) < 4.78 is 44.8. The molecule has 0 unspecified atom stereocenters. The van der Waals surface area contributed by atoms with Gasteiger partial charge in [-0.05, 0) is 47.5 Å². The van der Waals surface area contributed by atoms with Crippen molar-refractivity contribution in [3.8, 4) is 11.5 Å². The zero-order valence-electron chi connectivity index (χ0n) is 18.5. The molecule has 1 aliphatic rings. The molecule has 0 atom stereocenters. The van der Waals surface area contributed by atoms with Gasteiger partial charge in [-0.3, -0.25) is 9.10 Å². The van der Waals surface area contributed by atoms with Crippen LogP contribution in [0.4, 0.5) is 0 Å². The Balaban J connectivity index is 1.69. The number of rotatable bonds is 5. The molecular weight excluding hydrogens is 454 g/mol. The van der Waals surface area contributed by atoms with Crippen molar-refractivity contribution in [1.82, 2.24) is 4.31 Å². The molecule has 8 heteroatoms. The molecule has 3 aromatic carbocycles. The van der Waals surface area contributed by atoms with Gasteiger partial charge in [-0.15, -0.1) is 0 Å². The number of hydrogen-bond donors (Lipinski definition) is 0. The summed E-state index contributed by atoms with van der Waals surface area (Å²) >= 11 is 0. The van der Waals surface area contributed by atoms with Crippen LogP contribution in [0, 0.1) is 0 Å². The van der Waals surface area contributed by atoms with E-state index in [2.05, 4.69) is 0 Å². The van der Waals surface area contributed by atoms with Gasteiger partial charge in [0.1, 0.15) is 23.3 Å². The van der Waals surface area contributed by atoms with E-state index in [1.54, 1.807) is 79.9 Å². The average Bonchev–Trinajstić information content (AvgIpc) is 2.86. The van der Waals surface area contributed by atoms with Gasteiger partial charge in [0.25, 0.3) is 10.0 Å². The van der Waals surface area contributed by atoms with Crippen molar-refractivity contribution in [2.45, 2.75) is 11.4 Å². The summed E-state index contributed by atoms with van der Waals surface area (Å²) in [4.78, 5) is 13.6. The molecule has 0 fully saturated rings. The SMILES string of the molecule is COc1ccc(CN2C(c3coc4cc(OC)ccc4c3=O)=Cc3ccccc3S2(=O)=O)cc1. The van der Waals surface area contributed by atoms with Crippen molar-refractivity contribution in [2.24, 2.45) is 0 Å². The molecule has 0 bridgehead atoms. The second kappa shape index (κ2) is 8.39. The van der Waals surface area contributed by atoms with Crippen molar-refractivity contribution in [2.75, 3.05) is 14.2 Å². The van der Waals surface area contributed by atoms with Gasteiger partial charge >= 0.3 is 0 Å². The van der Waals surface area contributed by atoms with Crippen LogP contribution in [-0.2, 0) is 16.6 Å². The van der Waals surface area contributed by atoms with Crippen LogP contribution in [-0.4, -0.2) is 26.9 Å². The lowest BCUT2D eigenvalue weighted by atomic mass is 10.1. The minimum atomic E-state index is -3.94. The Kier molecular flexibility index (Phi) is 5.37. The predicted octanol–water partition coefficient (Wildman–Crippen LogP) is 4.51. The van der Waals surface area contributed by atoms with E-state index in [9.17, 15) is 13.2 Å². The summed E-state index contributed by atoms with van der Waals surface area (Å²) in [5.41, 5.74) is 1.69. The van der Waals surface area contributed by atoms with Crippen LogP contribution in [0.25, 0.3) is 22.7 Å². The van der Waals surface area contributed by atoms with E-state index in [4.69, 9.17) is 13.9 Å². The Hall–Kier alpha value is -4.04. The summed E-state index contributed by atoms with van der Waals surface area (Å²) in [6.07, 6.45) is 3.02. The third-order valence-electron chi connectivity index (χ3n) is 5.79. The topological polar surface area (TPSA) is 86.1 Å². The molecule has 172 valence electrons. The second-order valence-corrected chi connectivity index (χ2v) is 9.60. The molecule has 2 heterocycles. The Labute approximate surface area is 196 Å². The molecule has 1 aromatic heterocycles. The third kappa shape index (κ3) is 3.62.